The number of aliphatic hydroxyl groups is 1. The summed E-state index contributed by atoms with van der Waals surface area (Å²) in [5, 5.41) is 8.44. The van der Waals surface area contributed by atoms with E-state index in [9.17, 15) is 0 Å². The summed E-state index contributed by atoms with van der Waals surface area (Å²) >= 11 is 0. The Morgan fingerprint density at radius 1 is 1.38 bits per heavy atom. The van der Waals surface area contributed by atoms with Gasteiger partial charge in [-0.15, -0.1) is 0 Å². The molecule has 0 aliphatic carbocycles. The van der Waals surface area contributed by atoms with Crippen LogP contribution in [0, 0.1) is 6.92 Å². The van der Waals surface area contributed by atoms with E-state index in [1.165, 1.54) is 0 Å². The first-order chi connectivity index (χ1) is 6.33. The maximum absolute atomic E-state index is 8.44. The number of aryl methyl sites for hydroxylation is 1. The molecule has 0 aliphatic heterocycles. The Kier molecular flexibility index (Phi) is 6.92. The predicted molar refractivity (Wildman–Crippen MR) is 52.9 cm³/mol. The predicted octanol–water partition coefficient (Wildman–Crippen LogP) is 1.79. The quantitative estimate of drug-likeness (QED) is 0.776. The average Bonchev–Trinajstić information content (AvgIpc) is 2.20. The van der Waals surface area contributed by atoms with E-state index < -0.39 is 0 Å². The third-order valence-electron chi connectivity index (χ3n) is 1.24. The van der Waals surface area contributed by atoms with Gasteiger partial charge in [-0.05, 0) is 19.1 Å². The number of rotatable bonds is 3. The van der Waals surface area contributed by atoms with Crippen LogP contribution in [0.3, 0.4) is 0 Å². The van der Waals surface area contributed by atoms with Gasteiger partial charge in [0.15, 0.2) is 0 Å². The van der Waals surface area contributed by atoms with Crippen molar-refractivity contribution < 1.29 is 9.84 Å². The molecule has 3 nitrogen and oxygen atoms in total. The summed E-state index contributed by atoms with van der Waals surface area (Å²) in [5.41, 5.74) is 0.960. The molecule has 3 heteroatoms. The fourth-order valence-electron chi connectivity index (χ4n) is 0.703. The molecule has 0 saturated heterocycles. The fourth-order valence-corrected chi connectivity index (χ4v) is 0.703. The van der Waals surface area contributed by atoms with Gasteiger partial charge in [-0.1, -0.05) is 13.8 Å². The molecule has 0 atom stereocenters. The van der Waals surface area contributed by atoms with Crippen molar-refractivity contribution in [2.45, 2.75) is 20.8 Å². The van der Waals surface area contributed by atoms with Crippen molar-refractivity contribution in [3.63, 3.8) is 0 Å². The van der Waals surface area contributed by atoms with Crippen molar-refractivity contribution >= 4 is 0 Å². The van der Waals surface area contributed by atoms with Crippen LogP contribution in [0.2, 0.25) is 0 Å². The van der Waals surface area contributed by atoms with Gasteiger partial charge in [0.05, 0.1) is 12.8 Å². The lowest BCUT2D eigenvalue weighted by atomic mass is 10.4. The van der Waals surface area contributed by atoms with Crippen molar-refractivity contribution in [1.82, 2.24) is 4.98 Å². The van der Waals surface area contributed by atoms with Gasteiger partial charge in [0.25, 0.3) is 0 Å². The number of aromatic nitrogens is 1. The first-order valence-corrected chi connectivity index (χ1v) is 4.49. The lowest BCUT2D eigenvalue weighted by Gasteiger charge is -2.02. The van der Waals surface area contributed by atoms with E-state index in [1.807, 2.05) is 32.9 Å². The van der Waals surface area contributed by atoms with Crippen LogP contribution in [0.15, 0.2) is 18.3 Å². The number of ether oxygens (including phenoxy) is 1. The summed E-state index contributed by atoms with van der Waals surface area (Å²) in [4.78, 5) is 4.03. The zero-order valence-corrected chi connectivity index (χ0v) is 8.45. The molecule has 0 fully saturated rings. The molecule has 1 aromatic heterocycles. The van der Waals surface area contributed by atoms with Gasteiger partial charge in [0, 0.05) is 5.69 Å². The first kappa shape index (κ1) is 11.9. The van der Waals surface area contributed by atoms with Crippen molar-refractivity contribution in [1.29, 1.82) is 0 Å². The van der Waals surface area contributed by atoms with Crippen LogP contribution in [-0.2, 0) is 0 Å². The van der Waals surface area contributed by atoms with Crippen LogP contribution in [0.4, 0.5) is 0 Å². The molecule has 1 heterocycles. The second kappa shape index (κ2) is 7.55. The Morgan fingerprint density at radius 3 is 2.54 bits per heavy atom. The molecule has 0 spiro atoms. The highest BCUT2D eigenvalue weighted by molar-refractivity contribution is 5.18. The van der Waals surface area contributed by atoms with Crippen molar-refractivity contribution in [2.24, 2.45) is 0 Å². The molecular formula is C10H17NO2. The molecule has 1 rings (SSSR count). The Morgan fingerprint density at radius 2 is 2.08 bits per heavy atom. The van der Waals surface area contributed by atoms with Gasteiger partial charge in [-0.2, -0.15) is 0 Å². The Hall–Kier alpha value is -1.09. The number of pyridine rings is 1. The minimum atomic E-state index is 0.0356. The number of hydrogen-bond acceptors (Lipinski definition) is 3. The summed E-state index contributed by atoms with van der Waals surface area (Å²) in [6.45, 7) is 6.27. The van der Waals surface area contributed by atoms with Gasteiger partial charge in [0.1, 0.15) is 12.4 Å². The minimum Gasteiger partial charge on any atom is -0.490 e. The SMILES string of the molecule is CC.Cc1ccc(OCCO)cn1. The van der Waals surface area contributed by atoms with Crippen molar-refractivity contribution in [2.75, 3.05) is 13.2 Å². The molecule has 0 radical (unpaired) electrons. The monoisotopic (exact) mass is 183 g/mol. The van der Waals surface area contributed by atoms with Gasteiger partial charge < -0.3 is 9.84 Å². The van der Waals surface area contributed by atoms with Crippen LogP contribution >= 0.6 is 0 Å². The maximum atomic E-state index is 8.44. The number of aliphatic hydroxyl groups excluding tert-OH is 1. The molecule has 74 valence electrons. The third kappa shape index (κ3) is 5.20. The lowest BCUT2D eigenvalue weighted by molar-refractivity contribution is 0.201. The second-order valence-corrected chi connectivity index (χ2v) is 2.21. The van der Waals surface area contributed by atoms with E-state index in [0.717, 1.165) is 5.69 Å². The van der Waals surface area contributed by atoms with Crippen molar-refractivity contribution in [3.8, 4) is 5.75 Å². The van der Waals surface area contributed by atoms with Crippen LogP contribution in [0.5, 0.6) is 5.75 Å². The smallest absolute Gasteiger partial charge is 0.137 e. The molecule has 1 N–H and O–H groups in total. The van der Waals surface area contributed by atoms with Crippen molar-refractivity contribution in [3.05, 3.63) is 24.0 Å². The van der Waals surface area contributed by atoms with Crippen LogP contribution in [-0.4, -0.2) is 23.3 Å². The zero-order chi connectivity index (χ0) is 10.1. The maximum Gasteiger partial charge on any atom is 0.137 e. The van der Waals surface area contributed by atoms with Crippen LogP contribution in [0.1, 0.15) is 19.5 Å². The fraction of sp³-hybridized carbons (Fsp3) is 0.500. The second-order valence-electron chi connectivity index (χ2n) is 2.21. The molecule has 0 aromatic carbocycles. The molecule has 13 heavy (non-hydrogen) atoms. The summed E-state index contributed by atoms with van der Waals surface area (Å²) in [7, 11) is 0. The minimum absolute atomic E-state index is 0.0356. The third-order valence-corrected chi connectivity index (χ3v) is 1.24. The molecular weight excluding hydrogens is 166 g/mol. The van der Waals surface area contributed by atoms with E-state index in [4.69, 9.17) is 9.84 Å². The molecule has 0 saturated carbocycles. The largest absolute Gasteiger partial charge is 0.490 e. The Balaban J connectivity index is 0.000000671. The molecule has 1 aromatic rings. The van der Waals surface area contributed by atoms with Crippen LogP contribution in [0.25, 0.3) is 0 Å². The summed E-state index contributed by atoms with van der Waals surface area (Å²) in [5.74, 6) is 0.699. The molecule has 0 bridgehead atoms. The van der Waals surface area contributed by atoms with Crippen LogP contribution < -0.4 is 4.74 Å². The number of nitrogens with zero attached hydrogens (tertiary/aromatic N) is 1. The highest BCUT2D eigenvalue weighted by Gasteiger charge is 1.91. The van der Waals surface area contributed by atoms with E-state index in [2.05, 4.69) is 4.98 Å². The molecule has 0 unspecified atom stereocenters. The number of hydrogen-bond donors (Lipinski definition) is 1. The van der Waals surface area contributed by atoms with Gasteiger partial charge >= 0.3 is 0 Å². The summed E-state index contributed by atoms with van der Waals surface area (Å²) in [6, 6.07) is 3.70. The summed E-state index contributed by atoms with van der Waals surface area (Å²) in [6.07, 6.45) is 1.64. The van der Waals surface area contributed by atoms with E-state index in [-0.39, 0.29) is 6.61 Å². The lowest BCUT2D eigenvalue weighted by Crippen LogP contribution is -2.01. The van der Waals surface area contributed by atoms with E-state index >= 15 is 0 Å². The molecule has 0 amide bonds. The van der Waals surface area contributed by atoms with Gasteiger partial charge in [-0.3, -0.25) is 4.98 Å². The average molecular weight is 183 g/mol. The zero-order valence-electron chi connectivity index (χ0n) is 8.45. The normalized spacial score (nSPS) is 8.62. The highest BCUT2D eigenvalue weighted by Crippen LogP contribution is 2.07. The topological polar surface area (TPSA) is 42.4 Å². The van der Waals surface area contributed by atoms with E-state index in [0.29, 0.717) is 12.4 Å². The summed E-state index contributed by atoms with van der Waals surface area (Å²) < 4.78 is 5.10. The first-order valence-electron chi connectivity index (χ1n) is 4.49. The molecule has 0 aliphatic rings. The van der Waals surface area contributed by atoms with Gasteiger partial charge in [0.2, 0.25) is 0 Å². The highest BCUT2D eigenvalue weighted by atomic mass is 16.5. The Labute approximate surface area is 79.4 Å². The van der Waals surface area contributed by atoms with Gasteiger partial charge in [-0.25, -0.2) is 0 Å². The standard InChI is InChI=1S/C8H11NO2.C2H6/c1-7-2-3-8(6-9-7)11-5-4-10;1-2/h2-3,6,10H,4-5H2,1H3;1-2H3. The van der Waals surface area contributed by atoms with E-state index in [1.54, 1.807) is 6.20 Å². The Bertz CT molecular complexity index is 209.